The molecule has 1 fully saturated rings. The van der Waals surface area contributed by atoms with Gasteiger partial charge in [0, 0.05) is 24.5 Å². The number of carbonyl (C=O) groups is 1. The molecule has 1 heterocycles. The Labute approximate surface area is 163 Å². The number of phenolic OH excluding ortho intramolecular Hbond substituents is 1. The summed E-state index contributed by atoms with van der Waals surface area (Å²) in [5.74, 6) is -0.480. The topological polar surface area (TPSA) is 86.7 Å². The Hall–Kier alpha value is -2.09. The van der Waals surface area contributed by atoms with Crippen LogP contribution in [0.25, 0.3) is 0 Å². The van der Waals surface area contributed by atoms with E-state index < -0.39 is 10.0 Å². The quantitative estimate of drug-likeness (QED) is 0.717. The molecule has 0 spiro atoms. The number of benzene rings is 2. The first-order valence-corrected chi connectivity index (χ1v) is 10.6. The van der Waals surface area contributed by atoms with Crippen molar-refractivity contribution in [3.05, 3.63) is 53.1 Å². The number of nitrogens with one attached hydrogen (secondary N) is 1. The van der Waals surface area contributed by atoms with Gasteiger partial charge >= 0.3 is 0 Å². The molecule has 2 aromatic carbocycles. The average molecular weight is 409 g/mol. The van der Waals surface area contributed by atoms with Gasteiger partial charge < -0.3 is 10.4 Å². The molecule has 0 aromatic heterocycles. The second-order valence-corrected chi connectivity index (χ2v) is 8.84. The first-order chi connectivity index (χ1) is 12.9. The largest absolute Gasteiger partial charge is 0.506 e. The molecule has 1 aliphatic rings. The molecule has 27 heavy (non-hydrogen) atoms. The SMILES string of the molecule is O=C(CCc1ccc(Cl)cc1)Nc1cc(S(=O)(=O)N2CCCC2)ccc1O. The first kappa shape index (κ1) is 19.7. The van der Waals surface area contributed by atoms with E-state index in [4.69, 9.17) is 11.6 Å². The number of hydrogen-bond donors (Lipinski definition) is 2. The molecule has 0 unspecified atom stereocenters. The number of carbonyl (C=O) groups excluding carboxylic acids is 1. The van der Waals surface area contributed by atoms with Crippen molar-refractivity contribution in [2.45, 2.75) is 30.6 Å². The Morgan fingerprint density at radius 3 is 2.44 bits per heavy atom. The van der Waals surface area contributed by atoms with E-state index in [1.165, 1.54) is 22.5 Å². The van der Waals surface area contributed by atoms with E-state index in [0.717, 1.165) is 18.4 Å². The fraction of sp³-hybridized carbons (Fsp3) is 0.316. The van der Waals surface area contributed by atoms with Gasteiger partial charge in [0.1, 0.15) is 5.75 Å². The highest BCUT2D eigenvalue weighted by atomic mass is 35.5. The normalized spacial score (nSPS) is 15.0. The van der Waals surface area contributed by atoms with Crippen LogP contribution in [0.5, 0.6) is 5.75 Å². The Morgan fingerprint density at radius 1 is 1.11 bits per heavy atom. The van der Waals surface area contributed by atoms with E-state index in [0.29, 0.717) is 24.5 Å². The predicted octanol–water partition coefficient (Wildman–Crippen LogP) is 3.40. The summed E-state index contributed by atoms with van der Waals surface area (Å²) >= 11 is 5.84. The van der Waals surface area contributed by atoms with Crippen LogP contribution in [0.2, 0.25) is 5.02 Å². The van der Waals surface area contributed by atoms with Crippen molar-refractivity contribution >= 4 is 33.2 Å². The van der Waals surface area contributed by atoms with E-state index in [2.05, 4.69) is 5.32 Å². The van der Waals surface area contributed by atoms with Gasteiger partial charge in [0.15, 0.2) is 0 Å². The van der Waals surface area contributed by atoms with Gasteiger partial charge in [-0.05, 0) is 55.2 Å². The summed E-state index contributed by atoms with van der Waals surface area (Å²) < 4.78 is 26.7. The monoisotopic (exact) mass is 408 g/mol. The zero-order valence-electron chi connectivity index (χ0n) is 14.7. The standard InChI is InChI=1S/C19H21ClN2O4S/c20-15-6-3-14(4-7-15)5-10-19(24)21-17-13-16(8-9-18(17)23)27(25,26)22-11-1-2-12-22/h3-4,6-9,13,23H,1-2,5,10-12H2,(H,21,24). The molecule has 1 amide bonds. The minimum absolute atomic E-state index is 0.0650. The third kappa shape index (κ3) is 4.80. The highest BCUT2D eigenvalue weighted by Gasteiger charge is 2.27. The predicted molar refractivity (Wildman–Crippen MR) is 105 cm³/mol. The number of halogens is 1. The first-order valence-electron chi connectivity index (χ1n) is 8.74. The van der Waals surface area contributed by atoms with Crippen molar-refractivity contribution in [2.75, 3.05) is 18.4 Å². The number of sulfonamides is 1. The van der Waals surface area contributed by atoms with Gasteiger partial charge in [-0.15, -0.1) is 0 Å². The van der Waals surface area contributed by atoms with Gasteiger partial charge in [0.2, 0.25) is 15.9 Å². The fourth-order valence-electron chi connectivity index (χ4n) is 2.97. The summed E-state index contributed by atoms with van der Waals surface area (Å²) in [5, 5.41) is 13.2. The molecule has 1 aliphatic heterocycles. The number of nitrogens with zero attached hydrogens (tertiary/aromatic N) is 1. The molecule has 0 aliphatic carbocycles. The maximum atomic E-state index is 12.6. The maximum Gasteiger partial charge on any atom is 0.243 e. The van der Waals surface area contributed by atoms with Crippen molar-refractivity contribution in [1.82, 2.24) is 4.31 Å². The Kier molecular flexibility index (Phi) is 6.04. The molecule has 2 N–H and O–H groups in total. The van der Waals surface area contributed by atoms with Crippen LogP contribution in [0, 0.1) is 0 Å². The third-order valence-corrected chi connectivity index (χ3v) is 6.65. The fourth-order valence-corrected chi connectivity index (χ4v) is 4.64. The van der Waals surface area contributed by atoms with E-state index in [1.807, 2.05) is 12.1 Å². The molecule has 3 rings (SSSR count). The van der Waals surface area contributed by atoms with Crippen LogP contribution >= 0.6 is 11.6 Å². The number of rotatable bonds is 6. The zero-order valence-corrected chi connectivity index (χ0v) is 16.3. The number of aryl methyl sites for hydroxylation is 1. The average Bonchev–Trinajstić information content (AvgIpc) is 3.18. The Balaban J connectivity index is 1.68. The van der Waals surface area contributed by atoms with Crippen molar-refractivity contribution in [3.8, 4) is 5.75 Å². The molecule has 144 valence electrons. The molecule has 0 atom stereocenters. The molecule has 2 aromatic rings. The van der Waals surface area contributed by atoms with Gasteiger partial charge in [-0.3, -0.25) is 4.79 Å². The number of amides is 1. The van der Waals surface area contributed by atoms with Crippen LogP contribution in [-0.2, 0) is 21.2 Å². The molecule has 8 heteroatoms. The van der Waals surface area contributed by atoms with Crippen molar-refractivity contribution in [3.63, 3.8) is 0 Å². The van der Waals surface area contributed by atoms with E-state index >= 15 is 0 Å². The van der Waals surface area contributed by atoms with Crippen LogP contribution in [0.3, 0.4) is 0 Å². The zero-order chi connectivity index (χ0) is 19.4. The second kappa shape index (κ2) is 8.29. The van der Waals surface area contributed by atoms with E-state index in [9.17, 15) is 18.3 Å². The Bertz CT molecular complexity index is 923. The summed E-state index contributed by atoms with van der Waals surface area (Å²) in [7, 11) is -3.61. The van der Waals surface area contributed by atoms with Crippen molar-refractivity contribution < 1.29 is 18.3 Å². The molecule has 6 nitrogen and oxygen atoms in total. The number of hydrogen-bond acceptors (Lipinski definition) is 4. The van der Waals surface area contributed by atoms with E-state index in [1.54, 1.807) is 12.1 Å². The lowest BCUT2D eigenvalue weighted by Gasteiger charge is -2.16. The minimum Gasteiger partial charge on any atom is -0.506 e. The second-order valence-electron chi connectivity index (χ2n) is 6.46. The summed E-state index contributed by atoms with van der Waals surface area (Å²) in [4.78, 5) is 12.3. The van der Waals surface area contributed by atoms with Crippen molar-refractivity contribution in [2.24, 2.45) is 0 Å². The summed E-state index contributed by atoms with van der Waals surface area (Å²) in [5.41, 5.74) is 1.06. The van der Waals surface area contributed by atoms with Crippen LogP contribution in [-0.4, -0.2) is 36.8 Å². The lowest BCUT2D eigenvalue weighted by molar-refractivity contribution is -0.116. The van der Waals surface area contributed by atoms with Gasteiger partial charge in [0.05, 0.1) is 10.6 Å². The summed E-state index contributed by atoms with van der Waals surface area (Å²) in [6.07, 6.45) is 2.39. The van der Waals surface area contributed by atoms with Crippen LogP contribution in [0.15, 0.2) is 47.4 Å². The highest BCUT2D eigenvalue weighted by Crippen LogP contribution is 2.29. The van der Waals surface area contributed by atoms with Gasteiger partial charge in [-0.2, -0.15) is 4.31 Å². The molecular weight excluding hydrogens is 388 g/mol. The van der Waals surface area contributed by atoms with Crippen LogP contribution < -0.4 is 5.32 Å². The summed E-state index contributed by atoms with van der Waals surface area (Å²) in [6.45, 7) is 0.984. The lowest BCUT2D eigenvalue weighted by Crippen LogP contribution is -2.28. The third-order valence-electron chi connectivity index (χ3n) is 4.50. The highest BCUT2D eigenvalue weighted by molar-refractivity contribution is 7.89. The molecular formula is C19H21ClN2O4S. The van der Waals surface area contributed by atoms with Crippen LogP contribution in [0.4, 0.5) is 5.69 Å². The molecule has 0 saturated carbocycles. The smallest absolute Gasteiger partial charge is 0.243 e. The van der Waals surface area contributed by atoms with Crippen molar-refractivity contribution in [1.29, 1.82) is 0 Å². The van der Waals surface area contributed by atoms with Crippen LogP contribution in [0.1, 0.15) is 24.8 Å². The Morgan fingerprint density at radius 2 is 1.78 bits per heavy atom. The van der Waals surface area contributed by atoms with Gasteiger partial charge in [0.25, 0.3) is 0 Å². The lowest BCUT2D eigenvalue weighted by atomic mass is 10.1. The van der Waals surface area contributed by atoms with Gasteiger partial charge in [-0.25, -0.2) is 8.42 Å². The number of anilines is 1. The number of aromatic hydroxyl groups is 1. The molecule has 0 radical (unpaired) electrons. The summed E-state index contributed by atoms with van der Waals surface area (Å²) in [6, 6.07) is 11.2. The minimum atomic E-state index is -3.61. The maximum absolute atomic E-state index is 12.6. The number of phenols is 1. The molecule has 1 saturated heterocycles. The van der Waals surface area contributed by atoms with Gasteiger partial charge in [-0.1, -0.05) is 23.7 Å². The molecule has 0 bridgehead atoms. The van der Waals surface area contributed by atoms with E-state index in [-0.39, 0.29) is 28.7 Å².